The molecule has 27 heavy (non-hydrogen) atoms. The average Bonchev–Trinajstić information content (AvgIpc) is 2.62. The molecule has 0 aliphatic heterocycles. The molecular formula is C21H26N2O3S. The van der Waals surface area contributed by atoms with Crippen LogP contribution in [0.15, 0.2) is 48.5 Å². The Bertz CT molecular complexity index is 930. The largest absolute Gasteiger partial charge is 0.323 e. The fraction of sp³-hybridized carbons (Fsp3) is 0.286. The number of hydrogen-bond acceptors (Lipinski definition) is 3. The second kappa shape index (κ2) is 8.86. The summed E-state index contributed by atoms with van der Waals surface area (Å²) in [7, 11) is -3.33. The molecule has 0 saturated carbocycles. The van der Waals surface area contributed by atoms with E-state index in [0.29, 0.717) is 17.3 Å². The maximum absolute atomic E-state index is 12.1. The highest BCUT2D eigenvalue weighted by Gasteiger charge is 2.09. The predicted octanol–water partition coefficient (Wildman–Crippen LogP) is 4.53. The van der Waals surface area contributed by atoms with Gasteiger partial charge < -0.3 is 5.32 Å². The van der Waals surface area contributed by atoms with Gasteiger partial charge in [0.15, 0.2) is 0 Å². The third kappa shape index (κ3) is 6.25. The topological polar surface area (TPSA) is 75.3 Å². The van der Waals surface area contributed by atoms with E-state index in [0.717, 1.165) is 11.1 Å². The third-order valence-electron chi connectivity index (χ3n) is 4.17. The highest BCUT2D eigenvalue weighted by atomic mass is 32.2. The second-order valence-electron chi connectivity index (χ2n) is 6.68. The van der Waals surface area contributed by atoms with E-state index in [4.69, 9.17) is 0 Å². The minimum atomic E-state index is -3.33. The summed E-state index contributed by atoms with van der Waals surface area (Å²) in [6, 6.07) is 13.1. The standard InChI is InChI=1S/C21H26N2O3S/c1-5-27(25,26)23-20-12-11-19(14-16(20)4)22-21(24)13-8-17-6-9-18(10-7-17)15(2)3/h6-15,23H,5H2,1-4H3,(H,22,24)/b13-8+. The molecule has 2 rings (SSSR count). The lowest BCUT2D eigenvalue weighted by molar-refractivity contribution is -0.111. The number of carbonyl (C=O) groups is 1. The summed E-state index contributed by atoms with van der Waals surface area (Å²) in [6.07, 6.45) is 3.24. The Labute approximate surface area is 161 Å². The lowest BCUT2D eigenvalue weighted by Gasteiger charge is -2.11. The van der Waals surface area contributed by atoms with Crippen LogP contribution in [-0.4, -0.2) is 20.1 Å². The average molecular weight is 387 g/mol. The molecule has 0 unspecified atom stereocenters. The number of anilines is 2. The van der Waals surface area contributed by atoms with Crippen molar-refractivity contribution in [3.8, 4) is 0 Å². The Hall–Kier alpha value is -2.60. The summed E-state index contributed by atoms with van der Waals surface area (Å²) >= 11 is 0. The van der Waals surface area contributed by atoms with Gasteiger partial charge in [-0.2, -0.15) is 0 Å². The van der Waals surface area contributed by atoms with Crippen LogP contribution in [0.2, 0.25) is 0 Å². The van der Waals surface area contributed by atoms with Gasteiger partial charge in [0.1, 0.15) is 0 Å². The number of benzene rings is 2. The van der Waals surface area contributed by atoms with Crippen molar-refractivity contribution >= 4 is 33.4 Å². The molecule has 5 nitrogen and oxygen atoms in total. The van der Waals surface area contributed by atoms with Gasteiger partial charge >= 0.3 is 0 Å². The molecule has 144 valence electrons. The molecule has 1 amide bonds. The first-order valence-electron chi connectivity index (χ1n) is 8.90. The van der Waals surface area contributed by atoms with Gasteiger partial charge in [0.25, 0.3) is 0 Å². The van der Waals surface area contributed by atoms with E-state index in [1.165, 1.54) is 11.6 Å². The molecule has 0 fully saturated rings. The molecule has 2 N–H and O–H groups in total. The SMILES string of the molecule is CCS(=O)(=O)Nc1ccc(NC(=O)/C=C/c2ccc(C(C)C)cc2)cc1C. The normalized spacial score (nSPS) is 11.7. The minimum absolute atomic E-state index is 0.00781. The van der Waals surface area contributed by atoms with Crippen LogP contribution in [0.4, 0.5) is 11.4 Å². The quantitative estimate of drug-likeness (QED) is 0.687. The van der Waals surface area contributed by atoms with Crippen LogP contribution in [0.25, 0.3) is 6.08 Å². The Morgan fingerprint density at radius 3 is 2.33 bits per heavy atom. The Morgan fingerprint density at radius 2 is 1.78 bits per heavy atom. The lowest BCUT2D eigenvalue weighted by atomic mass is 10.0. The van der Waals surface area contributed by atoms with Crippen molar-refractivity contribution < 1.29 is 13.2 Å². The zero-order valence-electron chi connectivity index (χ0n) is 16.1. The van der Waals surface area contributed by atoms with E-state index in [2.05, 4.69) is 36.0 Å². The van der Waals surface area contributed by atoms with Gasteiger partial charge in [-0.3, -0.25) is 9.52 Å². The van der Waals surface area contributed by atoms with Gasteiger partial charge in [0.2, 0.25) is 15.9 Å². The Kier molecular flexibility index (Phi) is 6.80. The van der Waals surface area contributed by atoms with Crippen molar-refractivity contribution in [2.75, 3.05) is 15.8 Å². The van der Waals surface area contributed by atoms with Crippen LogP contribution in [0, 0.1) is 6.92 Å². The van der Waals surface area contributed by atoms with E-state index in [1.807, 2.05) is 12.1 Å². The van der Waals surface area contributed by atoms with E-state index in [9.17, 15) is 13.2 Å². The van der Waals surface area contributed by atoms with Gasteiger partial charge in [0.05, 0.1) is 11.4 Å². The zero-order valence-corrected chi connectivity index (χ0v) is 16.9. The molecule has 6 heteroatoms. The van der Waals surface area contributed by atoms with Crippen molar-refractivity contribution in [3.05, 3.63) is 65.2 Å². The van der Waals surface area contributed by atoms with Crippen LogP contribution in [0.1, 0.15) is 43.4 Å². The van der Waals surface area contributed by atoms with Crippen LogP contribution >= 0.6 is 0 Å². The van der Waals surface area contributed by atoms with E-state index in [-0.39, 0.29) is 11.7 Å². The monoisotopic (exact) mass is 386 g/mol. The number of amides is 1. The molecule has 0 aliphatic rings. The number of sulfonamides is 1. The summed E-state index contributed by atoms with van der Waals surface area (Å²) < 4.78 is 25.9. The molecule has 2 aromatic carbocycles. The summed E-state index contributed by atoms with van der Waals surface area (Å²) in [4.78, 5) is 12.1. The highest BCUT2D eigenvalue weighted by Crippen LogP contribution is 2.21. The number of aryl methyl sites for hydroxylation is 1. The first kappa shape index (κ1) is 20.7. The number of rotatable bonds is 7. The van der Waals surface area contributed by atoms with Crippen LogP contribution in [-0.2, 0) is 14.8 Å². The molecule has 0 aromatic heterocycles. The Balaban J connectivity index is 2.02. The second-order valence-corrected chi connectivity index (χ2v) is 8.69. The molecule has 0 saturated heterocycles. The number of carbonyl (C=O) groups excluding carboxylic acids is 1. The summed E-state index contributed by atoms with van der Waals surface area (Å²) in [5.41, 5.74) is 4.06. The van der Waals surface area contributed by atoms with Gasteiger partial charge in [-0.25, -0.2) is 8.42 Å². The number of nitrogens with one attached hydrogen (secondary N) is 2. The van der Waals surface area contributed by atoms with Crippen LogP contribution < -0.4 is 10.0 Å². The van der Waals surface area contributed by atoms with Crippen molar-refractivity contribution in [1.82, 2.24) is 0 Å². The summed E-state index contributed by atoms with van der Waals surface area (Å²) in [5.74, 6) is 0.233. The fourth-order valence-electron chi connectivity index (χ4n) is 2.44. The molecule has 0 atom stereocenters. The van der Waals surface area contributed by atoms with Crippen LogP contribution in [0.5, 0.6) is 0 Å². The van der Waals surface area contributed by atoms with Gasteiger partial charge in [-0.05, 0) is 60.7 Å². The highest BCUT2D eigenvalue weighted by molar-refractivity contribution is 7.92. The summed E-state index contributed by atoms with van der Waals surface area (Å²) in [6.45, 7) is 7.64. The molecular weight excluding hydrogens is 360 g/mol. The predicted molar refractivity (Wildman–Crippen MR) is 112 cm³/mol. The van der Waals surface area contributed by atoms with Crippen molar-refractivity contribution in [3.63, 3.8) is 0 Å². The van der Waals surface area contributed by atoms with E-state index >= 15 is 0 Å². The molecule has 0 heterocycles. The maximum atomic E-state index is 12.1. The smallest absolute Gasteiger partial charge is 0.248 e. The lowest BCUT2D eigenvalue weighted by Crippen LogP contribution is -2.15. The zero-order chi connectivity index (χ0) is 20.0. The van der Waals surface area contributed by atoms with Gasteiger partial charge in [0, 0.05) is 11.8 Å². The van der Waals surface area contributed by atoms with Gasteiger partial charge in [-0.15, -0.1) is 0 Å². The van der Waals surface area contributed by atoms with Gasteiger partial charge in [-0.1, -0.05) is 38.1 Å². The van der Waals surface area contributed by atoms with E-state index in [1.54, 1.807) is 38.1 Å². The molecule has 2 aromatic rings. The molecule has 0 bridgehead atoms. The third-order valence-corrected chi connectivity index (χ3v) is 5.46. The maximum Gasteiger partial charge on any atom is 0.248 e. The fourth-order valence-corrected chi connectivity index (χ4v) is 3.15. The minimum Gasteiger partial charge on any atom is -0.323 e. The van der Waals surface area contributed by atoms with Crippen molar-refractivity contribution in [1.29, 1.82) is 0 Å². The van der Waals surface area contributed by atoms with Crippen molar-refractivity contribution in [2.45, 2.75) is 33.6 Å². The van der Waals surface area contributed by atoms with Crippen LogP contribution in [0.3, 0.4) is 0 Å². The Morgan fingerprint density at radius 1 is 1.11 bits per heavy atom. The first-order chi connectivity index (χ1) is 12.7. The molecule has 0 spiro atoms. The van der Waals surface area contributed by atoms with E-state index < -0.39 is 10.0 Å². The molecule has 0 aliphatic carbocycles. The van der Waals surface area contributed by atoms with Crippen molar-refractivity contribution in [2.24, 2.45) is 0 Å². The number of hydrogen-bond donors (Lipinski definition) is 2. The first-order valence-corrected chi connectivity index (χ1v) is 10.6. The molecule has 0 radical (unpaired) electrons. The summed E-state index contributed by atoms with van der Waals surface area (Å²) in [5, 5.41) is 2.78.